The van der Waals surface area contributed by atoms with Crippen molar-refractivity contribution >= 4 is 15.9 Å². The molecule has 0 aliphatic rings. The number of halogens is 4. The average Bonchev–Trinajstić information content (AvgIpc) is 2.08. The lowest BCUT2D eigenvalue weighted by atomic mass is 10.1. The highest BCUT2D eigenvalue weighted by molar-refractivity contribution is 9.08. The van der Waals surface area contributed by atoms with Crippen molar-refractivity contribution in [1.82, 2.24) is 4.98 Å². The Morgan fingerprint density at radius 3 is 2.62 bits per heavy atom. The monoisotopic (exact) mass is 255 g/mol. The number of alkyl halides is 3. The molecule has 1 N–H and O–H groups in total. The zero-order valence-electron chi connectivity index (χ0n) is 6.27. The van der Waals surface area contributed by atoms with Crippen LogP contribution in [0.3, 0.4) is 0 Å². The Labute approximate surface area is 80.5 Å². The normalized spacial score (nSPS) is 10.8. The maximum atomic E-state index is 12.5. The molecule has 0 fully saturated rings. The van der Waals surface area contributed by atoms with E-state index in [4.69, 9.17) is 5.11 Å². The molecule has 13 heavy (non-hydrogen) atoms. The molecule has 72 valence electrons. The molecule has 2 nitrogen and oxygen atoms in total. The smallest absolute Gasteiger partial charge is 0.267 e. The molecule has 0 amide bonds. The maximum absolute atomic E-state index is 12.5. The van der Waals surface area contributed by atoms with Gasteiger partial charge in [0.2, 0.25) is 0 Å². The fourth-order valence-electron chi connectivity index (χ4n) is 0.878. The first kappa shape index (κ1) is 10.3. The van der Waals surface area contributed by atoms with Gasteiger partial charge in [-0.15, -0.1) is 0 Å². The molecule has 1 rings (SSSR count). The van der Waals surface area contributed by atoms with E-state index in [-0.39, 0.29) is 10.9 Å². The van der Waals surface area contributed by atoms with Crippen molar-refractivity contribution in [1.29, 1.82) is 0 Å². The predicted molar refractivity (Wildman–Crippen MR) is 43.4 cm³/mol. The van der Waals surface area contributed by atoms with Crippen molar-refractivity contribution in [3.8, 4) is 5.75 Å². The van der Waals surface area contributed by atoms with Crippen LogP contribution >= 0.6 is 15.9 Å². The summed E-state index contributed by atoms with van der Waals surface area (Å²) in [6.45, 7) is 0. The molecular weight excluding hydrogens is 251 g/mol. The number of pyridine rings is 1. The molecule has 0 saturated carbocycles. The lowest BCUT2D eigenvalue weighted by Crippen LogP contribution is -1.97. The number of hydrogen-bond donors (Lipinski definition) is 1. The van der Waals surface area contributed by atoms with Crippen molar-refractivity contribution in [2.75, 3.05) is 0 Å². The fourth-order valence-corrected chi connectivity index (χ4v) is 1.33. The highest BCUT2D eigenvalue weighted by Gasteiger charge is 2.21. The summed E-state index contributed by atoms with van der Waals surface area (Å²) in [5, 5.41) is 9.03. The van der Waals surface area contributed by atoms with Crippen molar-refractivity contribution in [3.05, 3.63) is 23.3 Å². The van der Waals surface area contributed by atoms with Gasteiger partial charge in [-0.25, -0.2) is 13.8 Å². The minimum Gasteiger partial charge on any atom is -0.503 e. The number of aromatic hydroxyl groups is 1. The molecule has 0 aliphatic heterocycles. The van der Waals surface area contributed by atoms with E-state index in [1.54, 1.807) is 0 Å². The van der Waals surface area contributed by atoms with Gasteiger partial charge < -0.3 is 5.11 Å². The molecule has 0 unspecified atom stereocenters. The van der Waals surface area contributed by atoms with Crippen LogP contribution < -0.4 is 0 Å². The molecule has 0 saturated heterocycles. The molecular formula is C7H5BrF3NO. The van der Waals surface area contributed by atoms with Crippen LogP contribution in [0.5, 0.6) is 5.75 Å². The number of aromatic nitrogens is 1. The Bertz CT molecular complexity index is 319. The van der Waals surface area contributed by atoms with E-state index in [1.807, 2.05) is 0 Å². The summed E-state index contributed by atoms with van der Waals surface area (Å²) in [7, 11) is 0. The molecule has 0 radical (unpaired) electrons. The van der Waals surface area contributed by atoms with Crippen molar-refractivity contribution in [2.24, 2.45) is 0 Å². The van der Waals surface area contributed by atoms with Gasteiger partial charge >= 0.3 is 0 Å². The van der Waals surface area contributed by atoms with E-state index < -0.39 is 23.7 Å². The maximum Gasteiger partial charge on any atom is 0.267 e. The molecule has 1 aromatic rings. The van der Waals surface area contributed by atoms with Gasteiger partial charge in [0.05, 0.1) is 5.56 Å². The van der Waals surface area contributed by atoms with Gasteiger partial charge in [0.15, 0.2) is 5.75 Å². The van der Waals surface area contributed by atoms with Crippen LogP contribution in [-0.2, 0) is 5.33 Å². The van der Waals surface area contributed by atoms with Gasteiger partial charge in [0.25, 0.3) is 12.4 Å². The van der Waals surface area contributed by atoms with Crippen LogP contribution in [0.1, 0.15) is 17.6 Å². The highest BCUT2D eigenvalue weighted by atomic mass is 79.9. The first-order valence-electron chi connectivity index (χ1n) is 3.28. The summed E-state index contributed by atoms with van der Waals surface area (Å²) in [5.74, 6) is -2.35. The van der Waals surface area contributed by atoms with Crippen molar-refractivity contribution in [2.45, 2.75) is 11.8 Å². The fraction of sp³-hybridized carbons (Fsp3) is 0.286. The molecule has 0 aromatic carbocycles. The second-order valence-corrected chi connectivity index (χ2v) is 2.83. The Kier molecular flexibility index (Phi) is 3.13. The second-order valence-electron chi connectivity index (χ2n) is 2.27. The van der Waals surface area contributed by atoms with Gasteiger partial charge in [-0.2, -0.15) is 4.39 Å². The van der Waals surface area contributed by atoms with E-state index in [2.05, 4.69) is 20.9 Å². The Balaban J connectivity index is 3.32. The highest BCUT2D eigenvalue weighted by Crippen LogP contribution is 2.33. The number of rotatable bonds is 2. The van der Waals surface area contributed by atoms with Gasteiger partial charge in [-0.05, 0) is 5.56 Å². The molecule has 0 atom stereocenters. The quantitative estimate of drug-likeness (QED) is 0.651. The van der Waals surface area contributed by atoms with E-state index >= 15 is 0 Å². The van der Waals surface area contributed by atoms with Gasteiger partial charge in [0, 0.05) is 11.5 Å². The van der Waals surface area contributed by atoms with Gasteiger partial charge in [-0.3, -0.25) is 0 Å². The van der Waals surface area contributed by atoms with Crippen LogP contribution in [0.25, 0.3) is 0 Å². The van der Waals surface area contributed by atoms with Crippen molar-refractivity contribution < 1.29 is 18.3 Å². The molecule has 0 bridgehead atoms. The third-order valence-electron chi connectivity index (χ3n) is 1.49. The lowest BCUT2D eigenvalue weighted by Gasteiger charge is -2.07. The van der Waals surface area contributed by atoms with Crippen LogP contribution in [0.4, 0.5) is 13.2 Å². The van der Waals surface area contributed by atoms with E-state index in [0.717, 1.165) is 6.20 Å². The lowest BCUT2D eigenvalue weighted by molar-refractivity contribution is 0.145. The molecule has 1 aromatic heterocycles. The number of nitrogens with zero attached hydrogens (tertiary/aromatic N) is 1. The summed E-state index contributed by atoms with van der Waals surface area (Å²) in [6, 6.07) is 0. The minimum absolute atomic E-state index is 0.0777. The van der Waals surface area contributed by atoms with E-state index in [1.165, 1.54) is 0 Å². The zero-order chi connectivity index (χ0) is 10.0. The minimum atomic E-state index is -2.91. The Hall–Kier alpha value is -0.780. The largest absolute Gasteiger partial charge is 0.503 e. The standard InChI is InChI=1S/C7H5BrF3NO/c8-1-3-2-12-7(11)5(13)4(3)6(9)10/h2,6,13H,1H2. The van der Waals surface area contributed by atoms with Crippen LogP contribution in [-0.4, -0.2) is 10.1 Å². The first-order valence-corrected chi connectivity index (χ1v) is 4.40. The molecule has 0 aliphatic carbocycles. The third-order valence-corrected chi connectivity index (χ3v) is 2.10. The van der Waals surface area contributed by atoms with E-state index in [0.29, 0.717) is 0 Å². The van der Waals surface area contributed by atoms with Gasteiger partial charge in [-0.1, -0.05) is 15.9 Å². The van der Waals surface area contributed by atoms with Crippen LogP contribution in [0, 0.1) is 5.95 Å². The second kappa shape index (κ2) is 3.95. The van der Waals surface area contributed by atoms with Crippen molar-refractivity contribution in [3.63, 3.8) is 0 Å². The molecule has 1 heterocycles. The van der Waals surface area contributed by atoms with Crippen LogP contribution in [0.15, 0.2) is 6.20 Å². The average molecular weight is 256 g/mol. The summed E-state index contributed by atoms with van der Waals surface area (Å²) in [4.78, 5) is 3.11. The zero-order valence-corrected chi connectivity index (χ0v) is 7.85. The SMILES string of the molecule is Oc1c(F)ncc(CBr)c1C(F)F. The first-order chi connectivity index (χ1) is 6.07. The molecule has 6 heteroatoms. The van der Waals surface area contributed by atoms with Crippen LogP contribution in [0.2, 0.25) is 0 Å². The Morgan fingerprint density at radius 2 is 2.15 bits per heavy atom. The topological polar surface area (TPSA) is 33.1 Å². The summed E-state index contributed by atoms with van der Waals surface area (Å²) in [5.41, 5.74) is -0.627. The summed E-state index contributed by atoms with van der Waals surface area (Å²) >= 11 is 2.93. The van der Waals surface area contributed by atoms with E-state index in [9.17, 15) is 13.2 Å². The molecule has 0 spiro atoms. The Morgan fingerprint density at radius 1 is 1.54 bits per heavy atom. The summed E-state index contributed by atoms with van der Waals surface area (Å²) < 4.78 is 37.1. The third kappa shape index (κ3) is 1.93. The van der Waals surface area contributed by atoms with Gasteiger partial charge in [0.1, 0.15) is 0 Å². The number of hydrogen-bond acceptors (Lipinski definition) is 2. The predicted octanol–water partition coefficient (Wildman–Crippen LogP) is 2.76. The summed E-state index contributed by atoms with van der Waals surface area (Å²) in [6.07, 6.45) is -1.95.